The Morgan fingerprint density at radius 3 is 2.92 bits per heavy atom. The van der Waals surface area contributed by atoms with Crippen LogP contribution in [0.2, 0.25) is 0 Å². The first-order valence-electron chi connectivity index (χ1n) is 7.94. The lowest BCUT2D eigenvalue weighted by Crippen LogP contribution is -1.93. The van der Waals surface area contributed by atoms with E-state index in [9.17, 15) is 0 Å². The van der Waals surface area contributed by atoms with E-state index in [0.29, 0.717) is 0 Å². The van der Waals surface area contributed by atoms with Gasteiger partial charge in [-0.2, -0.15) is 0 Å². The number of hydrogen-bond donors (Lipinski definition) is 0. The number of para-hydroxylation sites is 1. The standard InChI is InChI=1S/C20H14N2OS/c1-3-13-8-10-23-20(13)16(4-1)19-15(5-2-9-21-19)14-6-7-17-18(11-14)24-12-22-17/h1-7,9,11-12H,8,10H2. The minimum atomic E-state index is 0.751. The van der Waals surface area contributed by atoms with Gasteiger partial charge in [0.05, 0.1) is 28.0 Å². The number of nitrogens with zero attached hydrogens (tertiary/aromatic N) is 2. The molecule has 0 unspecified atom stereocenters. The highest BCUT2D eigenvalue weighted by molar-refractivity contribution is 7.16. The number of rotatable bonds is 2. The summed E-state index contributed by atoms with van der Waals surface area (Å²) in [6.07, 6.45) is 2.82. The van der Waals surface area contributed by atoms with Crippen molar-refractivity contribution in [1.29, 1.82) is 0 Å². The molecule has 1 aliphatic rings. The molecule has 0 spiro atoms. The third kappa shape index (κ3) is 2.11. The minimum absolute atomic E-state index is 0.751. The Morgan fingerprint density at radius 2 is 1.92 bits per heavy atom. The molecule has 0 amide bonds. The van der Waals surface area contributed by atoms with E-state index in [2.05, 4.69) is 52.4 Å². The van der Waals surface area contributed by atoms with Crippen molar-refractivity contribution in [3.05, 3.63) is 65.8 Å². The second kappa shape index (κ2) is 5.42. The van der Waals surface area contributed by atoms with Crippen molar-refractivity contribution >= 4 is 21.6 Å². The molecule has 4 heteroatoms. The predicted octanol–water partition coefficient (Wildman–Crippen LogP) is 4.96. The summed E-state index contributed by atoms with van der Waals surface area (Å²) in [5, 5.41) is 0. The molecule has 0 aliphatic carbocycles. The zero-order chi connectivity index (χ0) is 15.9. The molecule has 5 rings (SSSR count). The van der Waals surface area contributed by atoms with Crippen LogP contribution in [0.5, 0.6) is 5.75 Å². The topological polar surface area (TPSA) is 35.0 Å². The molecule has 0 fully saturated rings. The van der Waals surface area contributed by atoms with E-state index >= 15 is 0 Å². The Balaban J connectivity index is 1.73. The highest BCUT2D eigenvalue weighted by atomic mass is 32.1. The average Bonchev–Trinajstić information content (AvgIpc) is 3.29. The molecule has 2 aromatic heterocycles. The molecule has 0 bridgehead atoms. The average molecular weight is 330 g/mol. The van der Waals surface area contributed by atoms with E-state index in [1.807, 2.05) is 17.8 Å². The van der Waals surface area contributed by atoms with Gasteiger partial charge in [-0.3, -0.25) is 4.98 Å². The summed E-state index contributed by atoms with van der Waals surface area (Å²) in [6.45, 7) is 0.751. The Morgan fingerprint density at radius 1 is 0.958 bits per heavy atom. The van der Waals surface area contributed by atoms with Crippen molar-refractivity contribution < 1.29 is 4.74 Å². The molecule has 0 radical (unpaired) electrons. The highest BCUT2D eigenvalue weighted by Crippen LogP contribution is 2.40. The number of hydrogen-bond acceptors (Lipinski definition) is 4. The quantitative estimate of drug-likeness (QED) is 0.521. The van der Waals surface area contributed by atoms with Gasteiger partial charge in [0.15, 0.2) is 0 Å². The van der Waals surface area contributed by atoms with Gasteiger partial charge in [0.2, 0.25) is 0 Å². The van der Waals surface area contributed by atoms with Crippen molar-refractivity contribution in [2.75, 3.05) is 6.61 Å². The maximum Gasteiger partial charge on any atom is 0.132 e. The van der Waals surface area contributed by atoms with Crippen LogP contribution < -0.4 is 4.74 Å². The molecule has 0 N–H and O–H groups in total. The third-order valence-electron chi connectivity index (χ3n) is 4.42. The van der Waals surface area contributed by atoms with Gasteiger partial charge in [0.25, 0.3) is 0 Å². The molecule has 1 aliphatic heterocycles. The molecule has 0 saturated heterocycles. The maximum absolute atomic E-state index is 5.88. The van der Waals surface area contributed by atoms with Crippen LogP contribution in [-0.4, -0.2) is 16.6 Å². The maximum atomic E-state index is 5.88. The highest BCUT2D eigenvalue weighted by Gasteiger charge is 2.20. The summed E-state index contributed by atoms with van der Waals surface area (Å²) < 4.78 is 7.08. The number of thiazole rings is 1. The van der Waals surface area contributed by atoms with Crippen molar-refractivity contribution in [3.63, 3.8) is 0 Å². The van der Waals surface area contributed by atoms with Crippen LogP contribution in [0.25, 0.3) is 32.6 Å². The van der Waals surface area contributed by atoms with Crippen molar-refractivity contribution in [3.8, 4) is 28.1 Å². The second-order valence-corrected chi connectivity index (χ2v) is 6.71. The first-order chi connectivity index (χ1) is 11.9. The lowest BCUT2D eigenvalue weighted by atomic mass is 9.97. The summed E-state index contributed by atoms with van der Waals surface area (Å²) >= 11 is 1.66. The van der Waals surface area contributed by atoms with Crippen molar-refractivity contribution in [1.82, 2.24) is 9.97 Å². The van der Waals surface area contributed by atoms with Gasteiger partial charge in [-0.15, -0.1) is 11.3 Å². The molecule has 0 saturated carbocycles. The van der Waals surface area contributed by atoms with Crippen LogP contribution >= 0.6 is 11.3 Å². The number of fused-ring (bicyclic) bond motifs is 2. The van der Waals surface area contributed by atoms with Crippen LogP contribution in [0.3, 0.4) is 0 Å². The number of pyridine rings is 1. The fourth-order valence-electron chi connectivity index (χ4n) is 3.28. The van der Waals surface area contributed by atoms with Gasteiger partial charge in [-0.05, 0) is 35.4 Å². The summed E-state index contributed by atoms with van der Waals surface area (Å²) in [7, 11) is 0. The smallest absolute Gasteiger partial charge is 0.132 e. The summed E-state index contributed by atoms with van der Waals surface area (Å²) in [5.74, 6) is 0.983. The van der Waals surface area contributed by atoms with E-state index in [1.165, 1.54) is 10.3 Å². The molecule has 4 aromatic rings. The van der Waals surface area contributed by atoms with E-state index in [1.54, 1.807) is 11.3 Å². The van der Waals surface area contributed by atoms with E-state index in [-0.39, 0.29) is 0 Å². The van der Waals surface area contributed by atoms with E-state index < -0.39 is 0 Å². The Labute approximate surface area is 143 Å². The van der Waals surface area contributed by atoms with Gasteiger partial charge in [0.1, 0.15) is 5.75 Å². The molecular formula is C20H14N2OS. The van der Waals surface area contributed by atoms with Gasteiger partial charge in [0, 0.05) is 23.7 Å². The van der Waals surface area contributed by atoms with E-state index in [4.69, 9.17) is 4.74 Å². The monoisotopic (exact) mass is 330 g/mol. The Hall–Kier alpha value is -2.72. The predicted molar refractivity (Wildman–Crippen MR) is 97.5 cm³/mol. The van der Waals surface area contributed by atoms with E-state index in [0.717, 1.165) is 46.7 Å². The zero-order valence-corrected chi connectivity index (χ0v) is 13.7. The van der Waals surface area contributed by atoms with Crippen LogP contribution in [0.15, 0.2) is 60.2 Å². The fraction of sp³-hybridized carbons (Fsp3) is 0.100. The molecule has 0 atom stereocenters. The Kier molecular flexibility index (Phi) is 3.10. The third-order valence-corrected chi connectivity index (χ3v) is 5.21. The molecule has 3 nitrogen and oxygen atoms in total. The fourth-order valence-corrected chi connectivity index (χ4v) is 3.99. The zero-order valence-electron chi connectivity index (χ0n) is 12.9. The largest absolute Gasteiger partial charge is 0.492 e. The number of aromatic nitrogens is 2. The first-order valence-corrected chi connectivity index (χ1v) is 8.82. The second-order valence-electron chi connectivity index (χ2n) is 5.83. The van der Waals surface area contributed by atoms with Crippen molar-refractivity contribution in [2.45, 2.75) is 6.42 Å². The Bertz CT molecular complexity index is 1050. The molecule has 2 aromatic carbocycles. The molecule has 24 heavy (non-hydrogen) atoms. The van der Waals surface area contributed by atoms with Gasteiger partial charge < -0.3 is 4.74 Å². The lowest BCUT2D eigenvalue weighted by molar-refractivity contribution is 0.358. The molecule has 116 valence electrons. The number of ether oxygens (including phenoxy) is 1. The summed E-state index contributed by atoms with van der Waals surface area (Å²) in [4.78, 5) is 9.04. The van der Waals surface area contributed by atoms with Crippen LogP contribution in [0.4, 0.5) is 0 Å². The minimum Gasteiger partial charge on any atom is -0.492 e. The molecule has 3 heterocycles. The normalized spacial score (nSPS) is 13.0. The van der Waals surface area contributed by atoms with Crippen LogP contribution in [0, 0.1) is 0 Å². The summed E-state index contributed by atoms with van der Waals surface area (Å²) in [5.41, 5.74) is 8.52. The first kappa shape index (κ1) is 13.7. The molecular weight excluding hydrogens is 316 g/mol. The van der Waals surface area contributed by atoms with Gasteiger partial charge >= 0.3 is 0 Å². The lowest BCUT2D eigenvalue weighted by Gasteiger charge is -2.12. The van der Waals surface area contributed by atoms with Gasteiger partial charge in [-0.1, -0.05) is 24.3 Å². The van der Waals surface area contributed by atoms with Crippen LogP contribution in [-0.2, 0) is 6.42 Å². The van der Waals surface area contributed by atoms with Crippen molar-refractivity contribution in [2.24, 2.45) is 0 Å². The SMILES string of the molecule is c1cnc(-c2cccc3c2OCC3)c(-c2ccc3ncsc3c2)c1. The number of benzene rings is 2. The van der Waals surface area contributed by atoms with Crippen LogP contribution in [0.1, 0.15) is 5.56 Å². The summed E-state index contributed by atoms with van der Waals surface area (Å²) in [6, 6.07) is 16.8. The van der Waals surface area contributed by atoms with Gasteiger partial charge in [-0.25, -0.2) is 4.98 Å².